The molecule has 3 aromatic carbocycles. The molecule has 5 aromatic rings. The molecule has 1 aliphatic carbocycles. The van der Waals surface area contributed by atoms with Crippen molar-refractivity contribution in [2.75, 3.05) is 5.32 Å². The summed E-state index contributed by atoms with van der Waals surface area (Å²) in [5.74, 6) is 4.71. The van der Waals surface area contributed by atoms with Crippen molar-refractivity contribution < 1.29 is 4.74 Å². The second-order valence-corrected chi connectivity index (χ2v) is 7.80. The van der Waals surface area contributed by atoms with E-state index < -0.39 is 0 Å². The summed E-state index contributed by atoms with van der Waals surface area (Å²) in [7, 11) is 0. The molecule has 2 heterocycles. The molecule has 7 heteroatoms. The predicted molar refractivity (Wildman–Crippen MR) is 123 cm³/mol. The molecule has 0 saturated heterocycles. The number of nitrogens with one attached hydrogen (secondary N) is 2. The maximum atomic E-state index is 5.99. The lowest BCUT2D eigenvalue weighted by Gasteiger charge is -2.10. The third kappa shape index (κ3) is 3.76. The number of aromatic nitrogens is 5. The van der Waals surface area contributed by atoms with Crippen LogP contribution in [0.25, 0.3) is 22.3 Å². The van der Waals surface area contributed by atoms with Crippen LogP contribution in [-0.2, 0) is 0 Å². The van der Waals surface area contributed by atoms with E-state index in [1.54, 1.807) is 0 Å². The van der Waals surface area contributed by atoms with Crippen molar-refractivity contribution >= 4 is 22.7 Å². The molecule has 2 N–H and O–H groups in total. The smallest absolute Gasteiger partial charge is 0.224 e. The second-order valence-electron chi connectivity index (χ2n) is 7.80. The molecule has 0 radical (unpaired) electrons. The van der Waals surface area contributed by atoms with Gasteiger partial charge in [-0.2, -0.15) is 10.1 Å². The highest BCUT2D eigenvalue weighted by atomic mass is 16.5. The van der Waals surface area contributed by atoms with Gasteiger partial charge in [-0.3, -0.25) is 0 Å². The predicted octanol–water partition coefficient (Wildman–Crippen LogP) is 5.83. The average Bonchev–Trinajstić information content (AvgIpc) is 3.58. The number of nitrogens with zero attached hydrogens (tertiary/aromatic N) is 4. The topological polar surface area (TPSA) is 88.6 Å². The Balaban J connectivity index is 1.37. The fraction of sp³-hybridized carbons (Fsp3) is 0.120. The normalized spacial score (nSPS) is 13.2. The van der Waals surface area contributed by atoms with Crippen molar-refractivity contribution in [2.24, 2.45) is 0 Å². The maximum absolute atomic E-state index is 5.99. The van der Waals surface area contributed by atoms with Crippen LogP contribution in [0.5, 0.6) is 11.5 Å². The molecular formula is C25H20N6O. The third-order valence-electron chi connectivity index (χ3n) is 5.36. The van der Waals surface area contributed by atoms with Crippen LogP contribution in [0.2, 0.25) is 0 Å². The minimum Gasteiger partial charge on any atom is -0.457 e. The lowest BCUT2D eigenvalue weighted by molar-refractivity contribution is 0.483. The molecule has 6 rings (SSSR count). The number of ether oxygens (including phenoxy) is 1. The van der Waals surface area contributed by atoms with Crippen LogP contribution in [0.15, 0.2) is 78.9 Å². The summed E-state index contributed by atoms with van der Waals surface area (Å²) in [5, 5.41) is 11.5. The minimum absolute atomic E-state index is 0.479. The highest BCUT2D eigenvalue weighted by molar-refractivity contribution is 5.91. The summed E-state index contributed by atoms with van der Waals surface area (Å²) in [4.78, 5) is 14.2. The van der Waals surface area contributed by atoms with Gasteiger partial charge >= 0.3 is 0 Å². The molecule has 0 bridgehead atoms. The van der Waals surface area contributed by atoms with Gasteiger partial charge in [0.05, 0.1) is 5.52 Å². The van der Waals surface area contributed by atoms with E-state index in [1.165, 1.54) is 0 Å². The van der Waals surface area contributed by atoms with Crippen molar-refractivity contribution in [1.82, 2.24) is 25.1 Å². The molecule has 2 aromatic heterocycles. The highest BCUT2D eigenvalue weighted by Gasteiger charge is 2.27. The number of rotatable bonds is 6. The van der Waals surface area contributed by atoms with Gasteiger partial charge in [0, 0.05) is 16.9 Å². The molecule has 0 atom stereocenters. The van der Waals surface area contributed by atoms with E-state index in [1.807, 2.05) is 78.9 Å². The maximum Gasteiger partial charge on any atom is 0.224 e. The van der Waals surface area contributed by atoms with E-state index in [2.05, 4.69) is 20.5 Å². The third-order valence-corrected chi connectivity index (χ3v) is 5.36. The number of H-pyrrole nitrogens is 1. The Morgan fingerprint density at radius 3 is 2.50 bits per heavy atom. The Morgan fingerprint density at radius 2 is 1.62 bits per heavy atom. The molecule has 32 heavy (non-hydrogen) atoms. The van der Waals surface area contributed by atoms with Gasteiger partial charge in [0.1, 0.15) is 17.3 Å². The monoisotopic (exact) mass is 420 g/mol. The van der Waals surface area contributed by atoms with Gasteiger partial charge in [-0.25, -0.2) is 15.1 Å². The van der Waals surface area contributed by atoms with Crippen LogP contribution < -0.4 is 10.1 Å². The molecule has 1 aliphatic rings. The largest absolute Gasteiger partial charge is 0.457 e. The van der Waals surface area contributed by atoms with E-state index in [0.29, 0.717) is 23.5 Å². The van der Waals surface area contributed by atoms with E-state index in [-0.39, 0.29) is 0 Å². The first kappa shape index (κ1) is 18.5. The summed E-state index contributed by atoms with van der Waals surface area (Å²) >= 11 is 0. The van der Waals surface area contributed by atoms with Gasteiger partial charge in [-0.1, -0.05) is 42.5 Å². The summed E-state index contributed by atoms with van der Waals surface area (Å²) in [6.07, 6.45) is 2.30. The van der Waals surface area contributed by atoms with Crippen LogP contribution >= 0.6 is 0 Å². The Kier molecular flexibility index (Phi) is 4.50. The average molecular weight is 420 g/mol. The van der Waals surface area contributed by atoms with Gasteiger partial charge in [-0.05, 0) is 49.2 Å². The van der Waals surface area contributed by atoms with E-state index in [0.717, 1.165) is 46.6 Å². The van der Waals surface area contributed by atoms with Crippen LogP contribution in [0.4, 0.5) is 11.8 Å². The molecule has 1 saturated carbocycles. The fourth-order valence-corrected chi connectivity index (χ4v) is 3.59. The molecule has 0 unspecified atom stereocenters. The fourth-order valence-electron chi connectivity index (χ4n) is 3.59. The van der Waals surface area contributed by atoms with Crippen LogP contribution in [-0.4, -0.2) is 25.1 Å². The summed E-state index contributed by atoms with van der Waals surface area (Å²) in [5.41, 5.74) is 1.71. The van der Waals surface area contributed by atoms with Crippen LogP contribution in [0.3, 0.4) is 0 Å². The number of fused-ring (bicyclic) bond motifs is 1. The Hall–Kier alpha value is -4.26. The zero-order valence-corrected chi connectivity index (χ0v) is 17.2. The van der Waals surface area contributed by atoms with Crippen LogP contribution in [0, 0.1) is 0 Å². The molecular weight excluding hydrogens is 400 g/mol. The van der Waals surface area contributed by atoms with Gasteiger partial charge < -0.3 is 10.1 Å². The number of benzene rings is 3. The van der Waals surface area contributed by atoms with E-state index >= 15 is 0 Å². The minimum atomic E-state index is 0.479. The standard InChI is InChI=1S/C25H20N6O/c1-2-8-18(9-3-1)32-19-10-6-7-17(15-19)22-26-21-12-5-4-11-20(21)24(27-22)29-25-28-23(30-31-25)16-13-14-16/h1-12,15-16H,13-14H2,(H2,26,27,28,29,30,31). The number of hydrogen-bond acceptors (Lipinski definition) is 6. The molecule has 0 amide bonds. The van der Waals surface area contributed by atoms with Crippen molar-refractivity contribution in [2.45, 2.75) is 18.8 Å². The van der Waals surface area contributed by atoms with Crippen LogP contribution in [0.1, 0.15) is 24.6 Å². The molecule has 0 spiro atoms. The molecule has 0 aliphatic heterocycles. The quantitative estimate of drug-likeness (QED) is 0.359. The molecule has 156 valence electrons. The number of anilines is 2. The van der Waals surface area contributed by atoms with Crippen molar-refractivity contribution in [3.63, 3.8) is 0 Å². The zero-order valence-electron chi connectivity index (χ0n) is 17.2. The second kappa shape index (κ2) is 7.77. The number of para-hydroxylation sites is 2. The van der Waals surface area contributed by atoms with Crippen molar-refractivity contribution in [1.29, 1.82) is 0 Å². The van der Waals surface area contributed by atoms with Crippen molar-refractivity contribution in [3.8, 4) is 22.9 Å². The summed E-state index contributed by atoms with van der Waals surface area (Å²) in [6, 6.07) is 25.4. The van der Waals surface area contributed by atoms with Gasteiger partial charge in [0.15, 0.2) is 11.6 Å². The Labute approximate surface area is 184 Å². The Morgan fingerprint density at radius 1 is 0.812 bits per heavy atom. The van der Waals surface area contributed by atoms with Gasteiger partial charge in [-0.15, -0.1) is 0 Å². The van der Waals surface area contributed by atoms with E-state index in [4.69, 9.17) is 14.7 Å². The lowest BCUT2D eigenvalue weighted by Crippen LogP contribution is -2.00. The Bertz CT molecular complexity index is 1390. The van der Waals surface area contributed by atoms with Gasteiger partial charge in [0.2, 0.25) is 5.95 Å². The lowest BCUT2D eigenvalue weighted by atomic mass is 10.1. The first-order chi connectivity index (χ1) is 15.8. The molecule has 1 fully saturated rings. The number of aromatic amines is 1. The SMILES string of the molecule is c1ccc(Oc2cccc(-c3nc(Nc4nc(C5CC5)n[nH]4)c4ccccc4n3)c2)cc1. The van der Waals surface area contributed by atoms with E-state index in [9.17, 15) is 0 Å². The summed E-state index contributed by atoms with van der Waals surface area (Å²) < 4.78 is 5.99. The molecule has 7 nitrogen and oxygen atoms in total. The number of hydrogen-bond donors (Lipinski definition) is 2. The first-order valence-electron chi connectivity index (χ1n) is 10.6. The van der Waals surface area contributed by atoms with Gasteiger partial charge in [0.25, 0.3) is 0 Å². The zero-order chi connectivity index (χ0) is 21.3. The summed E-state index contributed by atoms with van der Waals surface area (Å²) in [6.45, 7) is 0. The van der Waals surface area contributed by atoms with Crippen molar-refractivity contribution in [3.05, 3.63) is 84.7 Å². The first-order valence-corrected chi connectivity index (χ1v) is 10.6. The highest BCUT2D eigenvalue weighted by Crippen LogP contribution is 2.38.